The largest absolute Gasteiger partial charge is 0.493 e. The molecule has 1 aromatic carbocycles. The summed E-state index contributed by atoms with van der Waals surface area (Å²) in [6.45, 7) is 5.69. The molecule has 3 nitrogen and oxygen atoms in total. The summed E-state index contributed by atoms with van der Waals surface area (Å²) < 4.78 is 11.0. The van der Waals surface area contributed by atoms with Gasteiger partial charge in [-0.2, -0.15) is 0 Å². The van der Waals surface area contributed by atoms with Crippen LogP contribution in [0.25, 0.3) is 0 Å². The van der Waals surface area contributed by atoms with Crippen LogP contribution >= 0.6 is 9.24 Å². The molecule has 84 valence electrons. The molecule has 1 rings (SSSR count). The highest BCUT2D eigenvalue weighted by Gasteiger charge is 2.08. The van der Waals surface area contributed by atoms with Crippen LogP contribution < -0.4 is 20.5 Å². The minimum atomic E-state index is 0.491. The molecule has 0 bridgehead atoms. The summed E-state index contributed by atoms with van der Waals surface area (Å²) in [6.07, 6.45) is 0. The molecule has 2 N–H and O–H groups in total. The van der Waals surface area contributed by atoms with Crippen molar-refractivity contribution in [1.82, 2.24) is 0 Å². The van der Waals surface area contributed by atoms with Crippen molar-refractivity contribution in [2.24, 2.45) is 5.73 Å². The summed E-state index contributed by atoms with van der Waals surface area (Å²) in [5, 5.41) is 0.955. The van der Waals surface area contributed by atoms with E-state index in [-0.39, 0.29) is 0 Å². The maximum absolute atomic E-state index is 5.61. The van der Waals surface area contributed by atoms with Gasteiger partial charge in [0.1, 0.15) is 11.5 Å². The first kappa shape index (κ1) is 12.3. The zero-order chi connectivity index (χ0) is 11.3. The fourth-order valence-corrected chi connectivity index (χ4v) is 1.66. The molecule has 0 amide bonds. The van der Waals surface area contributed by atoms with E-state index in [0.29, 0.717) is 19.8 Å². The second-order valence-electron chi connectivity index (χ2n) is 3.08. The zero-order valence-corrected chi connectivity index (χ0v) is 10.4. The molecule has 0 saturated carbocycles. The fraction of sp³-hybridized carbons (Fsp3) is 0.455. The van der Waals surface area contributed by atoms with E-state index in [1.165, 1.54) is 0 Å². The third kappa shape index (κ3) is 3.08. The van der Waals surface area contributed by atoms with Crippen molar-refractivity contribution in [1.29, 1.82) is 0 Å². The van der Waals surface area contributed by atoms with Crippen LogP contribution in [0.5, 0.6) is 11.5 Å². The molecule has 0 aliphatic rings. The van der Waals surface area contributed by atoms with E-state index in [0.717, 1.165) is 22.4 Å². The average Bonchev–Trinajstić information content (AvgIpc) is 2.24. The zero-order valence-electron chi connectivity index (χ0n) is 9.25. The number of benzene rings is 1. The summed E-state index contributed by atoms with van der Waals surface area (Å²) in [5.41, 5.74) is 6.63. The lowest BCUT2D eigenvalue weighted by Gasteiger charge is -2.13. The smallest absolute Gasteiger partial charge is 0.130 e. The number of nitrogens with two attached hydrogens (primary N) is 1. The Hall–Kier alpha value is -0.790. The van der Waals surface area contributed by atoms with Crippen molar-refractivity contribution >= 4 is 14.5 Å². The van der Waals surface area contributed by atoms with E-state index in [2.05, 4.69) is 9.24 Å². The van der Waals surface area contributed by atoms with Gasteiger partial charge in [0.15, 0.2) is 0 Å². The van der Waals surface area contributed by atoms with Crippen LogP contribution in [0.3, 0.4) is 0 Å². The Bertz CT molecular complexity index is 301. The van der Waals surface area contributed by atoms with Gasteiger partial charge >= 0.3 is 0 Å². The third-order valence-electron chi connectivity index (χ3n) is 2.00. The van der Waals surface area contributed by atoms with Crippen LogP contribution in [0.4, 0.5) is 0 Å². The Balaban J connectivity index is 3.08. The van der Waals surface area contributed by atoms with Gasteiger partial charge in [-0.25, -0.2) is 0 Å². The van der Waals surface area contributed by atoms with Crippen LogP contribution in [0, 0.1) is 0 Å². The molecule has 0 aliphatic carbocycles. The molecule has 1 aromatic rings. The van der Waals surface area contributed by atoms with Gasteiger partial charge in [-0.15, -0.1) is 0 Å². The highest BCUT2D eigenvalue weighted by molar-refractivity contribution is 7.28. The van der Waals surface area contributed by atoms with Crippen LogP contribution in [0.15, 0.2) is 12.1 Å². The van der Waals surface area contributed by atoms with E-state index in [4.69, 9.17) is 15.2 Å². The van der Waals surface area contributed by atoms with E-state index >= 15 is 0 Å². The Kier molecular flexibility index (Phi) is 4.86. The van der Waals surface area contributed by atoms with Crippen molar-refractivity contribution in [2.45, 2.75) is 20.4 Å². The number of ether oxygens (including phenoxy) is 2. The van der Waals surface area contributed by atoms with Gasteiger partial charge < -0.3 is 15.2 Å². The van der Waals surface area contributed by atoms with Crippen LogP contribution in [-0.4, -0.2) is 13.2 Å². The number of hydrogen-bond acceptors (Lipinski definition) is 3. The Morgan fingerprint density at radius 2 is 1.60 bits per heavy atom. The van der Waals surface area contributed by atoms with E-state index in [9.17, 15) is 0 Å². The Morgan fingerprint density at radius 3 is 1.93 bits per heavy atom. The summed E-state index contributed by atoms with van der Waals surface area (Å²) in [5.74, 6) is 1.66. The van der Waals surface area contributed by atoms with Crippen molar-refractivity contribution in [2.75, 3.05) is 13.2 Å². The van der Waals surface area contributed by atoms with Gasteiger partial charge in [-0.05, 0) is 31.5 Å². The lowest BCUT2D eigenvalue weighted by atomic mass is 10.2. The molecule has 1 unspecified atom stereocenters. The molecule has 0 spiro atoms. The highest BCUT2D eigenvalue weighted by atomic mass is 31.0. The lowest BCUT2D eigenvalue weighted by Crippen LogP contribution is -2.10. The molecule has 1 atom stereocenters. The molecular weight excluding hydrogens is 209 g/mol. The molecule has 0 heterocycles. The van der Waals surface area contributed by atoms with E-state index in [1.54, 1.807) is 0 Å². The SMILES string of the molecule is CCOc1cc(CN)cc(OCC)c1P. The maximum atomic E-state index is 5.61. The van der Waals surface area contributed by atoms with Gasteiger partial charge in [0.05, 0.1) is 18.5 Å². The third-order valence-corrected chi connectivity index (χ3v) is 2.57. The number of hydrogen-bond donors (Lipinski definition) is 1. The summed E-state index contributed by atoms with van der Waals surface area (Å²) in [6, 6.07) is 3.91. The first-order valence-electron chi connectivity index (χ1n) is 5.10. The summed E-state index contributed by atoms with van der Waals surface area (Å²) in [4.78, 5) is 0. The standard InChI is InChI=1S/C11H18NO2P/c1-3-13-9-5-8(7-12)6-10(11(9)15)14-4-2/h5-6H,3-4,7,12,15H2,1-2H3. The van der Waals surface area contributed by atoms with Crippen LogP contribution in [-0.2, 0) is 6.54 Å². The Morgan fingerprint density at radius 1 is 1.13 bits per heavy atom. The fourth-order valence-electron chi connectivity index (χ4n) is 1.32. The van der Waals surface area contributed by atoms with Gasteiger partial charge in [0, 0.05) is 6.54 Å². The lowest BCUT2D eigenvalue weighted by molar-refractivity contribution is 0.328. The van der Waals surface area contributed by atoms with Crippen LogP contribution in [0.1, 0.15) is 19.4 Å². The minimum Gasteiger partial charge on any atom is -0.493 e. The second kappa shape index (κ2) is 5.94. The van der Waals surface area contributed by atoms with Gasteiger partial charge in [0.2, 0.25) is 0 Å². The average molecular weight is 227 g/mol. The van der Waals surface area contributed by atoms with E-state index in [1.807, 2.05) is 26.0 Å². The highest BCUT2D eigenvalue weighted by Crippen LogP contribution is 2.23. The first-order valence-corrected chi connectivity index (χ1v) is 5.68. The number of rotatable bonds is 5. The molecule has 0 fully saturated rings. The summed E-state index contributed by atoms with van der Waals surface area (Å²) in [7, 11) is 2.64. The van der Waals surface area contributed by atoms with E-state index < -0.39 is 0 Å². The second-order valence-corrected chi connectivity index (χ2v) is 3.65. The van der Waals surface area contributed by atoms with Crippen molar-refractivity contribution < 1.29 is 9.47 Å². The molecule has 0 aliphatic heterocycles. The molecule has 0 aromatic heterocycles. The van der Waals surface area contributed by atoms with Gasteiger partial charge in [-0.3, -0.25) is 0 Å². The normalized spacial score (nSPS) is 10.1. The Labute approximate surface area is 93.2 Å². The van der Waals surface area contributed by atoms with Crippen molar-refractivity contribution in [3.63, 3.8) is 0 Å². The summed E-state index contributed by atoms with van der Waals surface area (Å²) >= 11 is 0. The molecule has 15 heavy (non-hydrogen) atoms. The monoisotopic (exact) mass is 227 g/mol. The molecule has 0 saturated heterocycles. The molecule has 4 heteroatoms. The molecular formula is C11H18NO2P. The topological polar surface area (TPSA) is 44.5 Å². The predicted octanol–water partition coefficient (Wildman–Crippen LogP) is 1.44. The first-order chi connectivity index (χ1) is 7.22. The molecule has 0 radical (unpaired) electrons. The van der Waals surface area contributed by atoms with Gasteiger partial charge in [0.25, 0.3) is 0 Å². The van der Waals surface area contributed by atoms with Crippen molar-refractivity contribution in [3.8, 4) is 11.5 Å². The minimum absolute atomic E-state index is 0.491. The predicted molar refractivity (Wildman–Crippen MR) is 66.0 cm³/mol. The quantitative estimate of drug-likeness (QED) is 0.774. The van der Waals surface area contributed by atoms with Gasteiger partial charge in [-0.1, -0.05) is 9.24 Å². The maximum Gasteiger partial charge on any atom is 0.130 e. The van der Waals surface area contributed by atoms with Crippen LogP contribution in [0.2, 0.25) is 0 Å². The van der Waals surface area contributed by atoms with Crippen molar-refractivity contribution in [3.05, 3.63) is 17.7 Å².